The molecule has 0 aliphatic carbocycles. The van der Waals surface area contributed by atoms with Gasteiger partial charge in [-0.15, -0.1) is 0 Å². The zero-order valence-electron chi connectivity index (χ0n) is 7.66. The maximum atomic E-state index is 13.4. The predicted octanol–water partition coefficient (Wildman–Crippen LogP) is 2.40. The molecule has 1 heterocycles. The highest BCUT2D eigenvalue weighted by atomic mass is 19.1. The van der Waals surface area contributed by atoms with Crippen molar-refractivity contribution in [1.29, 1.82) is 5.26 Å². The van der Waals surface area contributed by atoms with Gasteiger partial charge in [-0.1, -0.05) is 0 Å². The molecule has 0 aliphatic heterocycles. The number of nitrogens with zero attached hydrogens (tertiary/aromatic N) is 1. The van der Waals surface area contributed by atoms with E-state index in [0.717, 1.165) is 6.07 Å². The van der Waals surface area contributed by atoms with E-state index in [-0.39, 0.29) is 5.75 Å². The van der Waals surface area contributed by atoms with Crippen molar-refractivity contribution in [3.63, 3.8) is 0 Å². The average molecular weight is 202 g/mol. The van der Waals surface area contributed by atoms with Crippen LogP contribution in [0.5, 0.6) is 5.75 Å². The number of H-pyrrole nitrogens is 1. The fourth-order valence-electron chi connectivity index (χ4n) is 1.34. The van der Waals surface area contributed by atoms with Crippen molar-refractivity contribution in [2.75, 3.05) is 0 Å². The highest BCUT2D eigenvalue weighted by Gasteiger charge is 2.07. The molecule has 3 nitrogen and oxygen atoms in total. The minimum atomic E-state index is -0.527. The van der Waals surface area contributed by atoms with Gasteiger partial charge in [0.2, 0.25) is 0 Å². The number of rotatable bonds is 1. The van der Waals surface area contributed by atoms with E-state index >= 15 is 0 Å². The summed E-state index contributed by atoms with van der Waals surface area (Å²) in [6, 6.07) is 8.99. The Bertz CT molecular complexity index is 540. The van der Waals surface area contributed by atoms with E-state index in [4.69, 9.17) is 10.4 Å². The fraction of sp³-hybridized carbons (Fsp3) is 0. The monoisotopic (exact) mass is 202 g/mol. The zero-order valence-corrected chi connectivity index (χ0v) is 7.66. The minimum Gasteiger partial charge on any atom is -0.508 e. The molecule has 0 saturated heterocycles. The molecule has 2 N–H and O–H groups in total. The van der Waals surface area contributed by atoms with Gasteiger partial charge < -0.3 is 10.1 Å². The molecule has 4 heteroatoms. The Morgan fingerprint density at radius 3 is 2.67 bits per heavy atom. The molecule has 0 saturated carbocycles. The molecule has 15 heavy (non-hydrogen) atoms. The van der Waals surface area contributed by atoms with Crippen molar-refractivity contribution >= 4 is 0 Å². The fourth-order valence-corrected chi connectivity index (χ4v) is 1.34. The maximum absolute atomic E-state index is 13.4. The van der Waals surface area contributed by atoms with Gasteiger partial charge in [0.15, 0.2) is 0 Å². The van der Waals surface area contributed by atoms with E-state index in [9.17, 15) is 4.39 Å². The van der Waals surface area contributed by atoms with Gasteiger partial charge in [0.1, 0.15) is 23.3 Å². The van der Waals surface area contributed by atoms with Gasteiger partial charge in [0, 0.05) is 17.3 Å². The number of aromatic nitrogens is 1. The number of halogens is 1. The number of nitriles is 1. The summed E-state index contributed by atoms with van der Waals surface area (Å²) in [5, 5.41) is 17.6. The van der Waals surface area contributed by atoms with Crippen LogP contribution in [0.4, 0.5) is 4.39 Å². The van der Waals surface area contributed by atoms with Crippen molar-refractivity contribution in [3.05, 3.63) is 41.8 Å². The molecule has 0 atom stereocenters. The van der Waals surface area contributed by atoms with Gasteiger partial charge in [-0.3, -0.25) is 0 Å². The molecule has 1 aromatic carbocycles. The van der Waals surface area contributed by atoms with Crippen LogP contribution in [0.3, 0.4) is 0 Å². The smallest absolute Gasteiger partial charge is 0.136 e. The quantitative estimate of drug-likeness (QED) is 0.745. The Morgan fingerprint density at radius 2 is 2.07 bits per heavy atom. The Morgan fingerprint density at radius 1 is 1.27 bits per heavy atom. The minimum absolute atomic E-state index is 0.122. The van der Waals surface area contributed by atoms with E-state index in [1.807, 2.05) is 6.07 Å². The molecular weight excluding hydrogens is 195 g/mol. The third-order valence-corrected chi connectivity index (χ3v) is 2.05. The van der Waals surface area contributed by atoms with Crippen LogP contribution in [0.15, 0.2) is 30.3 Å². The summed E-state index contributed by atoms with van der Waals surface area (Å²) >= 11 is 0. The molecule has 0 fully saturated rings. The first-order chi connectivity index (χ1) is 7.20. The summed E-state index contributed by atoms with van der Waals surface area (Å²) in [7, 11) is 0. The van der Waals surface area contributed by atoms with Gasteiger partial charge in [-0.2, -0.15) is 5.26 Å². The van der Waals surface area contributed by atoms with Crippen LogP contribution in [0.25, 0.3) is 11.3 Å². The summed E-state index contributed by atoms with van der Waals surface area (Å²) in [6.45, 7) is 0. The first-order valence-corrected chi connectivity index (χ1v) is 4.28. The second kappa shape index (κ2) is 3.46. The summed E-state index contributed by atoms with van der Waals surface area (Å²) in [6.07, 6.45) is 0. The molecule has 0 amide bonds. The van der Waals surface area contributed by atoms with Crippen LogP contribution in [-0.2, 0) is 0 Å². The molecule has 1 aromatic heterocycles. The van der Waals surface area contributed by atoms with Crippen molar-refractivity contribution < 1.29 is 9.50 Å². The highest BCUT2D eigenvalue weighted by Crippen LogP contribution is 2.24. The number of aromatic hydroxyl groups is 1. The number of phenols is 1. The Kier molecular flexibility index (Phi) is 2.14. The van der Waals surface area contributed by atoms with Crippen molar-refractivity contribution in [3.8, 4) is 23.1 Å². The number of phenolic OH excluding ortho intramolecular Hbond substituents is 1. The summed E-state index contributed by atoms with van der Waals surface area (Å²) in [5.41, 5.74) is 1.22. The topological polar surface area (TPSA) is 59.8 Å². The van der Waals surface area contributed by atoms with Gasteiger partial charge in [-0.25, -0.2) is 4.39 Å². The van der Waals surface area contributed by atoms with E-state index in [1.165, 1.54) is 12.1 Å². The molecule has 0 unspecified atom stereocenters. The molecule has 0 radical (unpaired) electrons. The lowest BCUT2D eigenvalue weighted by molar-refractivity contribution is 0.469. The largest absolute Gasteiger partial charge is 0.508 e. The van der Waals surface area contributed by atoms with Crippen LogP contribution in [0.1, 0.15) is 5.69 Å². The molecule has 0 bridgehead atoms. The first-order valence-electron chi connectivity index (χ1n) is 4.28. The molecule has 0 aliphatic rings. The second-order valence-corrected chi connectivity index (χ2v) is 3.06. The van der Waals surface area contributed by atoms with Crippen LogP contribution < -0.4 is 0 Å². The van der Waals surface area contributed by atoms with Crippen LogP contribution in [0.2, 0.25) is 0 Å². The van der Waals surface area contributed by atoms with E-state index < -0.39 is 5.82 Å². The molecule has 2 aromatic rings. The van der Waals surface area contributed by atoms with E-state index in [2.05, 4.69) is 4.98 Å². The van der Waals surface area contributed by atoms with Crippen LogP contribution in [0, 0.1) is 17.1 Å². The third-order valence-electron chi connectivity index (χ3n) is 2.05. The lowest BCUT2D eigenvalue weighted by atomic mass is 10.1. The lowest BCUT2D eigenvalue weighted by Crippen LogP contribution is -1.84. The first kappa shape index (κ1) is 9.28. The molecular formula is C11H7FN2O. The Balaban J connectivity index is 2.50. The van der Waals surface area contributed by atoms with Crippen LogP contribution >= 0.6 is 0 Å². The predicted molar refractivity (Wildman–Crippen MR) is 52.6 cm³/mol. The van der Waals surface area contributed by atoms with Gasteiger partial charge >= 0.3 is 0 Å². The number of nitrogens with one attached hydrogen (secondary N) is 1. The van der Waals surface area contributed by atoms with Crippen molar-refractivity contribution in [2.24, 2.45) is 0 Å². The van der Waals surface area contributed by atoms with Gasteiger partial charge in [0.25, 0.3) is 0 Å². The van der Waals surface area contributed by atoms with Gasteiger partial charge in [0.05, 0.1) is 0 Å². The number of aromatic amines is 1. The maximum Gasteiger partial charge on any atom is 0.136 e. The third kappa shape index (κ3) is 1.67. The molecule has 74 valence electrons. The zero-order chi connectivity index (χ0) is 10.8. The summed E-state index contributed by atoms with van der Waals surface area (Å²) in [5.74, 6) is -0.648. The lowest BCUT2D eigenvalue weighted by Gasteiger charge is -2.00. The number of benzene rings is 1. The van der Waals surface area contributed by atoms with E-state index in [0.29, 0.717) is 17.0 Å². The normalized spacial score (nSPS) is 9.87. The molecule has 2 rings (SSSR count). The summed E-state index contributed by atoms with van der Waals surface area (Å²) < 4.78 is 13.4. The number of hydrogen-bond donors (Lipinski definition) is 2. The standard InChI is InChI=1S/C11H7FN2O/c12-10-5-8(15)2-3-9(10)11-4-1-7(6-13)14-11/h1-5,14-15H. The van der Waals surface area contributed by atoms with Gasteiger partial charge in [-0.05, 0) is 24.3 Å². The molecule has 0 spiro atoms. The van der Waals surface area contributed by atoms with Crippen molar-refractivity contribution in [2.45, 2.75) is 0 Å². The van der Waals surface area contributed by atoms with E-state index in [1.54, 1.807) is 12.1 Å². The second-order valence-electron chi connectivity index (χ2n) is 3.06. The SMILES string of the molecule is N#Cc1ccc(-c2ccc(O)cc2F)[nH]1. The highest BCUT2D eigenvalue weighted by molar-refractivity contribution is 5.62. The number of hydrogen-bond acceptors (Lipinski definition) is 2. The summed E-state index contributed by atoms with van der Waals surface area (Å²) in [4.78, 5) is 2.76. The Labute approximate surface area is 85.4 Å². The Hall–Kier alpha value is -2.28. The van der Waals surface area contributed by atoms with Crippen molar-refractivity contribution in [1.82, 2.24) is 4.98 Å². The van der Waals surface area contributed by atoms with Crippen LogP contribution in [-0.4, -0.2) is 10.1 Å². The average Bonchev–Trinajstić information content (AvgIpc) is 2.66.